The van der Waals surface area contributed by atoms with Crippen LogP contribution in [0.5, 0.6) is 0 Å². The zero-order valence-corrected chi connectivity index (χ0v) is 10.0. The smallest absolute Gasteiger partial charge is 0.0136 e. The Bertz CT molecular complexity index is 302. The van der Waals surface area contributed by atoms with Crippen LogP contribution in [0.2, 0.25) is 0 Å². The summed E-state index contributed by atoms with van der Waals surface area (Å²) < 4.78 is 1.28. The van der Waals surface area contributed by atoms with Gasteiger partial charge in [-0.25, -0.2) is 0 Å². The lowest BCUT2D eigenvalue weighted by Crippen LogP contribution is -1.92. The predicted octanol–water partition coefficient (Wildman–Crippen LogP) is 3.96. The normalized spacial score (nSPS) is 12.5. The minimum atomic E-state index is 0.208. The Morgan fingerprint density at radius 3 is 2.69 bits per heavy atom. The van der Waals surface area contributed by atoms with Gasteiger partial charge in [0, 0.05) is 9.49 Å². The Morgan fingerprint density at radius 1 is 1.46 bits per heavy atom. The topological polar surface area (TPSA) is 0 Å². The Kier molecular flexibility index (Phi) is 3.97. The summed E-state index contributed by atoms with van der Waals surface area (Å²) in [5.74, 6) is 0.208. The van der Waals surface area contributed by atoms with Gasteiger partial charge in [0.2, 0.25) is 0 Å². The third-order valence-corrected chi connectivity index (χ3v) is 2.72. The molecule has 0 aliphatic rings. The van der Waals surface area contributed by atoms with Gasteiger partial charge in [-0.1, -0.05) is 19.1 Å². The van der Waals surface area contributed by atoms with Crippen molar-refractivity contribution < 1.29 is 0 Å². The highest BCUT2D eigenvalue weighted by Crippen LogP contribution is 2.20. The zero-order valence-electron chi connectivity index (χ0n) is 7.89. The Labute approximate surface area is 94.2 Å². The summed E-state index contributed by atoms with van der Waals surface area (Å²) in [5, 5.41) is 0. The molecule has 1 aromatic rings. The number of hydrogen-bond acceptors (Lipinski definition) is 0. The molecule has 1 rings (SSSR count). The highest BCUT2D eigenvalue weighted by atomic mass is 127. The first-order valence-corrected chi connectivity index (χ1v) is 5.50. The third-order valence-electron chi connectivity index (χ3n) is 2.10. The molecule has 0 saturated carbocycles. The van der Waals surface area contributed by atoms with Gasteiger partial charge in [0.25, 0.3) is 0 Å². The molecule has 0 spiro atoms. The monoisotopic (exact) mass is 285 g/mol. The van der Waals surface area contributed by atoms with Crippen molar-refractivity contribution in [2.75, 3.05) is 0 Å². The van der Waals surface area contributed by atoms with Gasteiger partial charge in [-0.2, -0.15) is 0 Å². The van der Waals surface area contributed by atoms with E-state index in [1.807, 2.05) is 6.08 Å². The minimum absolute atomic E-state index is 0.208. The van der Waals surface area contributed by atoms with E-state index in [1.54, 1.807) is 0 Å². The summed E-state index contributed by atoms with van der Waals surface area (Å²) in [6, 6.07) is 6.58. The SMILES string of the molecule is [CH2]C(C=C)c1cc(I)cc(CC)c1. The maximum Gasteiger partial charge on any atom is 0.0136 e. The highest BCUT2D eigenvalue weighted by Gasteiger charge is 2.03. The summed E-state index contributed by atoms with van der Waals surface area (Å²) in [6.45, 7) is 9.95. The number of aryl methyl sites for hydroxylation is 1. The molecule has 0 aliphatic heterocycles. The lowest BCUT2D eigenvalue weighted by Gasteiger charge is -2.08. The molecule has 0 N–H and O–H groups in total. The number of halogens is 1. The van der Waals surface area contributed by atoms with E-state index in [0.29, 0.717) is 0 Å². The van der Waals surface area contributed by atoms with Crippen LogP contribution in [0.25, 0.3) is 0 Å². The molecule has 0 fully saturated rings. The molecule has 0 amide bonds. The van der Waals surface area contributed by atoms with Crippen LogP contribution < -0.4 is 0 Å². The summed E-state index contributed by atoms with van der Waals surface area (Å²) in [6.07, 6.45) is 2.96. The first-order chi connectivity index (χ1) is 6.17. The van der Waals surface area contributed by atoms with Crippen molar-refractivity contribution in [2.45, 2.75) is 19.3 Å². The van der Waals surface area contributed by atoms with E-state index in [2.05, 4.69) is 61.2 Å². The number of allylic oxidation sites excluding steroid dienone is 1. The first-order valence-electron chi connectivity index (χ1n) is 4.42. The van der Waals surface area contributed by atoms with E-state index in [-0.39, 0.29) is 5.92 Å². The second-order valence-electron chi connectivity index (χ2n) is 3.09. The molecule has 1 heteroatoms. The van der Waals surface area contributed by atoms with Crippen LogP contribution in [-0.2, 0) is 6.42 Å². The van der Waals surface area contributed by atoms with Crippen LogP contribution in [0.15, 0.2) is 30.9 Å². The quantitative estimate of drug-likeness (QED) is 0.582. The van der Waals surface area contributed by atoms with Crippen molar-refractivity contribution in [1.82, 2.24) is 0 Å². The van der Waals surface area contributed by atoms with Crippen molar-refractivity contribution in [2.24, 2.45) is 0 Å². The number of hydrogen-bond donors (Lipinski definition) is 0. The zero-order chi connectivity index (χ0) is 9.84. The van der Waals surface area contributed by atoms with Crippen LogP contribution in [0.1, 0.15) is 24.0 Å². The number of rotatable bonds is 3. The molecule has 0 aliphatic carbocycles. The largest absolute Gasteiger partial charge is 0.102 e. The highest BCUT2D eigenvalue weighted by molar-refractivity contribution is 14.1. The maximum atomic E-state index is 4.02. The van der Waals surface area contributed by atoms with Crippen molar-refractivity contribution in [1.29, 1.82) is 0 Å². The second kappa shape index (κ2) is 4.80. The number of benzene rings is 1. The first kappa shape index (κ1) is 10.8. The standard InChI is InChI=1S/C12H14I/c1-4-9(3)11-6-10(5-2)7-12(13)8-11/h4,6-9H,1,3,5H2,2H3. The molecule has 1 radical (unpaired) electrons. The van der Waals surface area contributed by atoms with Gasteiger partial charge < -0.3 is 0 Å². The van der Waals surface area contributed by atoms with Gasteiger partial charge in [-0.05, 0) is 59.2 Å². The molecule has 1 unspecified atom stereocenters. The van der Waals surface area contributed by atoms with Gasteiger partial charge in [0.05, 0.1) is 0 Å². The Hall–Kier alpha value is -0.310. The van der Waals surface area contributed by atoms with Gasteiger partial charge in [-0.3, -0.25) is 0 Å². The van der Waals surface area contributed by atoms with E-state index < -0.39 is 0 Å². The molecular weight excluding hydrogens is 271 g/mol. The van der Waals surface area contributed by atoms with Crippen molar-refractivity contribution in [3.05, 3.63) is 52.5 Å². The summed E-state index contributed by atoms with van der Waals surface area (Å²) in [7, 11) is 0. The lowest BCUT2D eigenvalue weighted by molar-refractivity contribution is 1.05. The average molecular weight is 285 g/mol. The van der Waals surface area contributed by atoms with Crippen LogP contribution in [0, 0.1) is 10.5 Å². The van der Waals surface area contributed by atoms with Crippen LogP contribution in [-0.4, -0.2) is 0 Å². The van der Waals surface area contributed by atoms with Gasteiger partial charge in [-0.15, -0.1) is 6.58 Å². The molecule has 69 valence electrons. The van der Waals surface area contributed by atoms with E-state index in [4.69, 9.17) is 0 Å². The molecule has 13 heavy (non-hydrogen) atoms. The summed E-state index contributed by atoms with van der Waals surface area (Å²) in [5.41, 5.74) is 2.64. The fourth-order valence-electron chi connectivity index (χ4n) is 1.23. The molecule has 0 heterocycles. The van der Waals surface area contributed by atoms with Gasteiger partial charge in [0.15, 0.2) is 0 Å². The van der Waals surface area contributed by atoms with E-state index in [0.717, 1.165) is 6.42 Å². The summed E-state index contributed by atoms with van der Waals surface area (Å²) in [4.78, 5) is 0. The maximum absolute atomic E-state index is 4.02. The fraction of sp³-hybridized carbons (Fsp3) is 0.250. The molecule has 0 aromatic heterocycles. The molecular formula is C12H14I. The fourth-order valence-corrected chi connectivity index (χ4v) is 1.99. The molecule has 0 saturated heterocycles. The van der Waals surface area contributed by atoms with Gasteiger partial charge >= 0.3 is 0 Å². The Morgan fingerprint density at radius 2 is 2.15 bits per heavy atom. The predicted molar refractivity (Wildman–Crippen MR) is 66.8 cm³/mol. The second-order valence-corrected chi connectivity index (χ2v) is 4.33. The lowest BCUT2D eigenvalue weighted by atomic mass is 9.99. The summed E-state index contributed by atoms with van der Waals surface area (Å²) >= 11 is 2.34. The van der Waals surface area contributed by atoms with Crippen molar-refractivity contribution in [3.8, 4) is 0 Å². The van der Waals surface area contributed by atoms with Crippen LogP contribution >= 0.6 is 22.6 Å². The van der Waals surface area contributed by atoms with Crippen LogP contribution in [0.3, 0.4) is 0 Å². The van der Waals surface area contributed by atoms with Crippen molar-refractivity contribution in [3.63, 3.8) is 0 Å². The van der Waals surface area contributed by atoms with Gasteiger partial charge in [0.1, 0.15) is 0 Å². The third kappa shape index (κ3) is 2.83. The molecule has 1 aromatic carbocycles. The molecule has 0 nitrogen and oxygen atoms in total. The van der Waals surface area contributed by atoms with Crippen molar-refractivity contribution >= 4 is 22.6 Å². The molecule has 1 atom stereocenters. The van der Waals surface area contributed by atoms with E-state index in [1.165, 1.54) is 14.7 Å². The average Bonchev–Trinajstić information content (AvgIpc) is 2.15. The Balaban J connectivity index is 3.07. The van der Waals surface area contributed by atoms with E-state index in [9.17, 15) is 0 Å². The van der Waals surface area contributed by atoms with Crippen LogP contribution in [0.4, 0.5) is 0 Å². The van der Waals surface area contributed by atoms with E-state index >= 15 is 0 Å². The molecule has 0 bridgehead atoms. The minimum Gasteiger partial charge on any atom is -0.102 e.